The number of imide groups is 1. The van der Waals surface area contributed by atoms with Crippen LogP contribution in [0.3, 0.4) is 0 Å². The lowest BCUT2D eigenvalue weighted by Gasteiger charge is -2.30. The molecule has 9 rings (SSSR count). The van der Waals surface area contributed by atoms with Gasteiger partial charge in [0.25, 0.3) is 22.9 Å². The second kappa shape index (κ2) is 28.0. The van der Waals surface area contributed by atoms with E-state index in [1.807, 2.05) is 0 Å². The van der Waals surface area contributed by atoms with Crippen molar-refractivity contribution in [2.24, 2.45) is 11.7 Å². The molecular weight excluding hydrogens is 1260 g/mol. The molecule has 5 aromatic rings. The predicted molar refractivity (Wildman–Crippen MR) is 316 cm³/mol. The molecule has 0 saturated carbocycles. The highest BCUT2D eigenvalue weighted by molar-refractivity contribution is 8.44. The number of aromatic nitrogens is 8. The SMILES string of the molecule is CC(C)[C@H](NC(=O)CCCCCN1C(=O)C=CC1=O)C(=O)N[C@@H](CCCNC(N)=O)C(=O)Nc1ccc(COC(=O)N[C@H]2C3OP(=O)(S)OC[C@H]4O[C@@H](n5cnc6c(=O)[nH]c(N)nc65)[C@@H](O)C4OP(=O)(S)OC[C@H]3O[C@H]2n2cnc3c(=O)[nH]c(N)nc32)cc1. The molecule has 4 aliphatic rings. The van der Waals surface area contributed by atoms with Crippen molar-refractivity contribution in [3.05, 3.63) is 75.3 Å². The molecule has 40 heteroatoms. The third kappa shape index (κ3) is 16.0. The number of primary amides is 1. The van der Waals surface area contributed by atoms with Crippen LogP contribution in [0.4, 0.5) is 27.2 Å². The minimum Gasteiger partial charge on any atom is -0.445 e. The highest BCUT2D eigenvalue weighted by atomic mass is 32.7. The number of benzene rings is 1. The summed E-state index contributed by atoms with van der Waals surface area (Å²) in [7, 11) is 0. The Balaban J connectivity index is 0.860. The number of ether oxygens (including phenoxy) is 3. The molecule has 8 heterocycles. The van der Waals surface area contributed by atoms with Crippen LogP contribution in [0.5, 0.6) is 0 Å². The van der Waals surface area contributed by atoms with Crippen LogP contribution in [0.25, 0.3) is 22.3 Å². The number of unbranched alkanes of at least 4 members (excludes halogenated alkanes) is 2. The highest BCUT2D eigenvalue weighted by Gasteiger charge is 2.54. The maximum Gasteiger partial charge on any atom is 0.407 e. The summed E-state index contributed by atoms with van der Waals surface area (Å²) in [5.41, 5.74) is 15.4. The Morgan fingerprint density at radius 1 is 0.787 bits per heavy atom. The third-order valence-corrected chi connectivity index (χ3v) is 17.6. The normalized spacial score (nSPS) is 26.0. The Labute approximate surface area is 513 Å². The number of fused-ring (bicyclic) bond motifs is 4. The highest BCUT2D eigenvalue weighted by Crippen LogP contribution is 2.60. The van der Waals surface area contributed by atoms with Gasteiger partial charge in [0.15, 0.2) is 34.8 Å². The zero-order chi connectivity index (χ0) is 64.1. The topological polar surface area (TPSA) is 507 Å². The van der Waals surface area contributed by atoms with E-state index in [1.165, 1.54) is 41.0 Å². The number of aliphatic hydroxyl groups is 1. The summed E-state index contributed by atoms with van der Waals surface area (Å²) < 4.78 is 72.0. The van der Waals surface area contributed by atoms with Crippen molar-refractivity contribution in [3.63, 3.8) is 0 Å². The smallest absolute Gasteiger partial charge is 0.407 e. The summed E-state index contributed by atoms with van der Waals surface area (Å²) in [6, 6.07) is 1.43. The standard InChI is InChI=1S/C49H63N17O19P2S2/c1-22(2)31(58-28(67)8-4-3-5-16-64-29(68)13-14-30(64)69)41(72)57-25(7-6-15-53-48(52)75)40(71)56-24-11-9-23(10-12-24)17-79-49(76)59-32-36-26(82-44(32)65-20-54-33-38(65)60-46(50)62-42(33)73)18-80-87(78,89)85-37-27(19-81-86(77,88)84-36)83-45(35(37)70)66-21-55-34-39(66)61-47(51)63-43(34)74/h9-14,20-22,25-27,31-32,35-37,44-45,70H,3-8,15-19H2,1-2H3,(H,56,71)(H,57,72)(H,58,67)(H,59,76)(H,77,88)(H,78,89)(H3,52,53,75)(H3,50,60,62,73)(H3,51,61,63,74)/t25-,26+,27+,31-,32-,35-,36?,37?,44+,45+,86?,87?/m0/s1. The first-order chi connectivity index (χ1) is 42.2. The lowest BCUT2D eigenvalue weighted by Crippen LogP contribution is -2.54. The number of rotatable bonds is 21. The molecule has 480 valence electrons. The van der Waals surface area contributed by atoms with E-state index >= 15 is 0 Å². The molecule has 0 bridgehead atoms. The summed E-state index contributed by atoms with van der Waals surface area (Å²) in [6.45, 7) is -7.49. The van der Waals surface area contributed by atoms with E-state index < -0.39 is 153 Å². The number of nitrogens with one attached hydrogen (secondary N) is 7. The Kier molecular flexibility index (Phi) is 20.6. The molecule has 3 fully saturated rings. The molecule has 8 amide bonds. The quantitative estimate of drug-likeness (QED) is 0.0203. The number of urea groups is 1. The van der Waals surface area contributed by atoms with Gasteiger partial charge in [-0.1, -0.05) is 56.9 Å². The van der Waals surface area contributed by atoms with Gasteiger partial charge in [-0.15, -0.1) is 0 Å². The van der Waals surface area contributed by atoms with E-state index in [0.29, 0.717) is 24.8 Å². The largest absolute Gasteiger partial charge is 0.445 e. The van der Waals surface area contributed by atoms with Crippen LogP contribution in [0.15, 0.2) is 58.7 Å². The first-order valence-corrected chi connectivity index (χ1v) is 32.9. The molecule has 4 unspecified atom stereocenters. The second-order valence-electron chi connectivity index (χ2n) is 21.0. The Morgan fingerprint density at radius 2 is 1.36 bits per heavy atom. The number of anilines is 3. The number of imidazole rings is 2. The third-order valence-electron chi connectivity index (χ3n) is 14.3. The van der Waals surface area contributed by atoms with Crippen LogP contribution >= 0.6 is 38.1 Å². The Bertz CT molecular complexity index is 3760. The fourth-order valence-electron chi connectivity index (χ4n) is 10.0. The average Bonchev–Trinajstić information content (AvgIpc) is 1.90. The van der Waals surface area contributed by atoms with E-state index in [0.717, 1.165) is 22.1 Å². The minimum atomic E-state index is -4.67. The molecule has 1 aromatic carbocycles. The predicted octanol–water partition coefficient (Wildman–Crippen LogP) is 0.259. The molecule has 14 N–H and O–H groups in total. The van der Waals surface area contributed by atoms with Crippen LogP contribution in [0.1, 0.15) is 70.4 Å². The number of nitrogen functional groups attached to an aromatic ring is 2. The van der Waals surface area contributed by atoms with Crippen molar-refractivity contribution in [2.45, 2.75) is 120 Å². The summed E-state index contributed by atoms with van der Waals surface area (Å²) >= 11 is 8.38. The number of alkyl carbamates (subject to hydrolysis) is 1. The zero-order valence-corrected chi connectivity index (χ0v) is 50.8. The number of carbonyl (C=O) groups is 7. The molecule has 4 aromatic heterocycles. The van der Waals surface area contributed by atoms with Crippen molar-refractivity contribution in [1.82, 2.24) is 65.2 Å². The number of hydrogen-bond donors (Lipinski definition) is 13. The molecular formula is C49H63N17O19P2S2. The van der Waals surface area contributed by atoms with E-state index in [4.69, 9.17) is 49.5 Å². The molecule has 0 spiro atoms. The molecule has 12 atom stereocenters. The van der Waals surface area contributed by atoms with Crippen LogP contribution < -0.4 is 54.9 Å². The lowest BCUT2D eigenvalue weighted by atomic mass is 10.0. The monoisotopic (exact) mass is 1320 g/mol. The van der Waals surface area contributed by atoms with E-state index in [1.54, 1.807) is 13.8 Å². The summed E-state index contributed by atoms with van der Waals surface area (Å²) in [5.74, 6) is -3.57. The number of amides is 8. The van der Waals surface area contributed by atoms with Crippen molar-refractivity contribution < 1.29 is 80.1 Å². The van der Waals surface area contributed by atoms with E-state index in [-0.39, 0.29) is 72.3 Å². The van der Waals surface area contributed by atoms with Crippen molar-refractivity contribution >= 4 is 120 Å². The van der Waals surface area contributed by atoms with Crippen LogP contribution in [-0.2, 0) is 72.0 Å². The molecule has 3 saturated heterocycles. The van der Waals surface area contributed by atoms with Gasteiger partial charge in [0.1, 0.15) is 55.3 Å². The molecule has 4 aliphatic heterocycles. The van der Waals surface area contributed by atoms with E-state index in [2.05, 4.69) is 81.0 Å². The fourth-order valence-corrected chi connectivity index (χ4v) is 13.0. The van der Waals surface area contributed by atoms with Gasteiger partial charge in [0.2, 0.25) is 29.6 Å². The average molecular weight is 1320 g/mol. The summed E-state index contributed by atoms with van der Waals surface area (Å²) in [6.07, 6.45) is -5.66. The van der Waals surface area contributed by atoms with Crippen molar-refractivity contribution in [3.8, 4) is 0 Å². The minimum absolute atomic E-state index is 0.0259. The number of aliphatic hydroxyl groups excluding tert-OH is 1. The maximum atomic E-state index is 14.3. The van der Waals surface area contributed by atoms with Crippen LogP contribution in [0.2, 0.25) is 0 Å². The number of H-pyrrole nitrogens is 2. The Hall–Kier alpha value is -7.77. The van der Waals surface area contributed by atoms with Crippen LogP contribution in [-0.4, -0.2) is 166 Å². The number of nitrogens with two attached hydrogens (primary N) is 3. The maximum absolute atomic E-state index is 14.3. The van der Waals surface area contributed by atoms with Crippen molar-refractivity contribution in [1.29, 1.82) is 0 Å². The van der Waals surface area contributed by atoms with Crippen LogP contribution in [0, 0.1) is 5.92 Å². The lowest BCUT2D eigenvalue weighted by molar-refractivity contribution is -0.137. The number of aromatic amines is 2. The van der Waals surface area contributed by atoms with Gasteiger partial charge in [-0.2, -0.15) is 9.97 Å². The first-order valence-electron chi connectivity index (χ1n) is 27.5. The number of carbonyl (C=O) groups excluding carboxylic acids is 7. The molecule has 36 nitrogen and oxygen atoms in total. The number of hydrogen-bond acceptors (Lipinski definition) is 25. The van der Waals surface area contributed by atoms with Gasteiger partial charge in [-0.3, -0.25) is 75.7 Å². The number of nitrogens with zero attached hydrogens (tertiary/aromatic N) is 7. The summed E-state index contributed by atoms with van der Waals surface area (Å²) in [5, 5.41) is 24.8. The van der Waals surface area contributed by atoms with Gasteiger partial charge in [-0.05, 0) is 49.3 Å². The zero-order valence-electron chi connectivity index (χ0n) is 47.2. The molecule has 0 radical (unpaired) electrons. The Morgan fingerprint density at radius 3 is 1.96 bits per heavy atom. The molecule has 0 aliphatic carbocycles. The molecule has 89 heavy (non-hydrogen) atoms. The van der Waals surface area contributed by atoms with Gasteiger partial charge in [-0.25, -0.2) is 28.7 Å². The van der Waals surface area contributed by atoms with Gasteiger partial charge in [0, 0.05) is 37.3 Å². The van der Waals surface area contributed by atoms with E-state index in [9.17, 15) is 57.4 Å². The first kappa shape index (κ1) is 65.7. The van der Waals surface area contributed by atoms with Gasteiger partial charge >= 0.3 is 25.7 Å². The second-order valence-corrected chi connectivity index (χ2v) is 26.8. The summed E-state index contributed by atoms with van der Waals surface area (Å²) in [4.78, 5) is 137. The fraction of sp³-hybridized carbons (Fsp3) is 0.490. The van der Waals surface area contributed by atoms with Gasteiger partial charge < -0.3 is 63.1 Å². The van der Waals surface area contributed by atoms with Crippen molar-refractivity contribution in [2.75, 3.05) is 43.1 Å². The van der Waals surface area contributed by atoms with Gasteiger partial charge in [0.05, 0.1) is 25.9 Å². The number of thiol groups is 2.